The van der Waals surface area contributed by atoms with E-state index in [1.165, 1.54) is 11.0 Å². The van der Waals surface area contributed by atoms with E-state index in [4.69, 9.17) is 4.42 Å². The van der Waals surface area contributed by atoms with Crippen molar-refractivity contribution in [1.29, 1.82) is 0 Å². The lowest BCUT2D eigenvalue weighted by molar-refractivity contribution is -0.402. The third-order valence-corrected chi connectivity index (χ3v) is 2.50. The Kier molecular flexibility index (Phi) is 5.07. The first-order valence-corrected chi connectivity index (χ1v) is 6.48. The number of carbonyl (C=O) groups is 2. The maximum Gasteiger partial charge on any atom is 0.433 e. The predicted octanol–water partition coefficient (Wildman–Crippen LogP) is 1.56. The number of hydrogen-bond donors (Lipinski definition) is 1. The minimum Gasteiger partial charge on any atom is -0.395 e. The molecule has 1 N–H and O–H groups in total. The van der Waals surface area contributed by atoms with Gasteiger partial charge in [-0.15, -0.1) is 0 Å². The number of amides is 2. The standard InChI is InChI=1S/C13H19N3O5/c1-5-15(8-10(17)14-13(2,3)4)12(18)9-6-7-11(21-9)16(19)20/h6-7H,5,8H2,1-4H3,(H,14,17). The fraction of sp³-hybridized carbons (Fsp3) is 0.538. The first-order chi connectivity index (χ1) is 9.64. The lowest BCUT2D eigenvalue weighted by atomic mass is 10.1. The van der Waals surface area contributed by atoms with Crippen LogP contribution in [-0.2, 0) is 4.79 Å². The molecule has 8 nitrogen and oxygen atoms in total. The highest BCUT2D eigenvalue weighted by Crippen LogP contribution is 2.17. The molecule has 0 aliphatic carbocycles. The third-order valence-electron chi connectivity index (χ3n) is 2.50. The summed E-state index contributed by atoms with van der Waals surface area (Å²) in [4.78, 5) is 35.0. The van der Waals surface area contributed by atoms with E-state index in [0.29, 0.717) is 0 Å². The van der Waals surface area contributed by atoms with E-state index in [-0.39, 0.29) is 24.8 Å². The van der Waals surface area contributed by atoms with Crippen molar-refractivity contribution in [2.45, 2.75) is 33.2 Å². The molecule has 1 rings (SSSR count). The summed E-state index contributed by atoms with van der Waals surface area (Å²) in [6.45, 7) is 7.35. The van der Waals surface area contributed by atoms with Crippen LogP contribution < -0.4 is 5.32 Å². The van der Waals surface area contributed by atoms with Crippen LogP contribution >= 0.6 is 0 Å². The lowest BCUT2D eigenvalue weighted by Crippen LogP contribution is -2.47. The highest BCUT2D eigenvalue weighted by atomic mass is 16.6. The molecule has 0 aliphatic rings. The Hall–Kier alpha value is -2.38. The summed E-state index contributed by atoms with van der Waals surface area (Å²) in [7, 11) is 0. The van der Waals surface area contributed by atoms with Crippen LogP contribution in [0.4, 0.5) is 5.88 Å². The zero-order valence-electron chi connectivity index (χ0n) is 12.5. The summed E-state index contributed by atoms with van der Waals surface area (Å²) in [5.74, 6) is -1.53. The van der Waals surface area contributed by atoms with Crippen LogP contribution in [0.3, 0.4) is 0 Å². The van der Waals surface area contributed by atoms with Crippen LogP contribution in [0.25, 0.3) is 0 Å². The normalized spacial score (nSPS) is 11.0. The average molecular weight is 297 g/mol. The monoisotopic (exact) mass is 297 g/mol. The van der Waals surface area contributed by atoms with Crippen LogP contribution in [0.2, 0.25) is 0 Å². The maximum absolute atomic E-state index is 12.1. The van der Waals surface area contributed by atoms with Crippen molar-refractivity contribution in [3.05, 3.63) is 28.0 Å². The van der Waals surface area contributed by atoms with Crippen molar-refractivity contribution in [2.24, 2.45) is 0 Å². The number of nitro groups is 1. The Bertz CT molecular complexity index is 544. The number of hydrogen-bond acceptors (Lipinski definition) is 5. The van der Waals surface area contributed by atoms with Gasteiger partial charge in [-0.1, -0.05) is 0 Å². The first-order valence-electron chi connectivity index (χ1n) is 6.48. The number of carbonyl (C=O) groups excluding carboxylic acids is 2. The average Bonchev–Trinajstić information content (AvgIpc) is 2.82. The molecule has 2 amide bonds. The number of likely N-dealkylation sites (N-methyl/N-ethyl adjacent to an activating group) is 1. The molecule has 0 aliphatic heterocycles. The van der Waals surface area contributed by atoms with Gasteiger partial charge < -0.3 is 14.6 Å². The summed E-state index contributed by atoms with van der Waals surface area (Å²) in [6.07, 6.45) is 0. The van der Waals surface area contributed by atoms with Gasteiger partial charge in [-0.05, 0) is 33.8 Å². The van der Waals surface area contributed by atoms with Gasteiger partial charge in [0.05, 0.1) is 12.6 Å². The molecular weight excluding hydrogens is 278 g/mol. The molecule has 8 heteroatoms. The fourth-order valence-corrected chi connectivity index (χ4v) is 1.65. The van der Waals surface area contributed by atoms with Crippen molar-refractivity contribution in [2.75, 3.05) is 13.1 Å². The molecule has 0 aromatic carbocycles. The van der Waals surface area contributed by atoms with Gasteiger partial charge in [0.25, 0.3) is 5.91 Å². The van der Waals surface area contributed by atoms with E-state index in [2.05, 4.69) is 5.32 Å². The minimum absolute atomic E-state index is 0.138. The van der Waals surface area contributed by atoms with E-state index in [0.717, 1.165) is 6.07 Å². The summed E-state index contributed by atoms with van der Waals surface area (Å²) < 4.78 is 4.85. The van der Waals surface area contributed by atoms with Gasteiger partial charge in [0.15, 0.2) is 5.76 Å². The molecule has 1 aromatic rings. The second-order valence-electron chi connectivity index (χ2n) is 5.51. The molecule has 0 unspecified atom stereocenters. The fourth-order valence-electron chi connectivity index (χ4n) is 1.65. The van der Waals surface area contributed by atoms with Gasteiger partial charge in [-0.2, -0.15) is 0 Å². The molecule has 0 saturated heterocycles. The van der Waals surface area contributed by atoms with Gasteiger partial charge >= 0.3 is 5.88 Å². The van der Waals surface area contributed by atoms with Crippen LogP contribution in [0.1, 0.15) is 38.2 Å². The minimum atomic E-state index is -0.723. The molecule has 1 heterocycles. The Morgan fingerprint density at radius 2 is 2.00 bits per heavy atom. The molecule has 0 atom stereocenters. The van der Waals surface area contributed by atoms with Crippen molar-refractivity contribution in [1.82, 2.24) is 10.2 Å². The molecule has 0 bridgehead atoms. The lowest BCUT2D eigenvalue weighted by Gasteiger charge is -2.24. The van der Waals surface area contributed by atoms with Gasteiger partial charge in [-0.25, -0.2) is 0 Å². The second kappa shape index (κ2) is 6.38. The van der Waals surface area contributed by atoms with Gasteiger partial charge in [0.2, 0.25) is 5.91 Å². The topological polar surface area (TPSA) is 106 Å². The zero-order valence-corrected chi connectivity index (χ0v) is 12.5. The SMILES string of the molecule is CCN(CC(=O)NC(C)(C)C)C(=O)c1ccc([N+](=O)[O-])o1. The smallest absolute Gasteiger partial charge is 0.395 e. The van der Waals surface area contributed by atoms with E-state index in [1.54, 1.807) is 6.92 Å². The van der Waals surface area contributed by atoms with Crippen LogP contribution in [0.15, 0.2) is 16.5 Å². The molecule has 0 radical (unpaired) electrons. The highest BCUT2D eigenvalue weighted by Gasteiger charge is 2.24. The molecule has 0 saturated carbocycles. The van der Waals surface area contributed by atoms with Gasteiger partial charge in [-0.3, -0.25) is 19.7 Å². The molecule has 21 heavy (non-hydrogen) atoms. The summed E-state index contributed by atoms with van der Waals surface area (Å²) in [6, 6.07) is 2.33. The van der Waals surface area contributed by atoms with Gasteiger partial charge in [0.1, 0.15) is 4.92 Å². The number of nitrogens with zero attached hydrogens (tertiary/aromatic N) is 2. The first kappa shape index (κ1) is 16.7. The number of furan rings is 1. The molecule has 116 valence electrons. The summed E-state index contributed by atoms with van der Waals surface area (Å²) in [5, 5.41) is 13.3. The van der Waals surface area contributed by atoms with E-state index < -0.39 is 22.3 Å². The Labute approximate surface area is 122 Å². The van der Waals surface area contributed by atoms with E-state index in [1.807, 2.05) is 20.8 Å². The third kappa shape index (κ3) is 4.90. The van der Waals surface area contributed by atoms with Crippen LogP contribution in [0.5, 0.6) is 0 Å². The van der Waals surface area contributed by atoms with E-state index >= 15 is 0 Å². The zero-order chi connectivity index (χ0) is 16.2. The molecule has 1 aromatic heterocycles. The number of rotatable bonds is 5. The molecular formula is C13H19N3O5. The highest BCUT2D eigenvalue weighted by molar-refractivity contribution is 5.94. The van der Waals surface area contributed by atoms with Crippen LogP contribution in [0, 0.1) is 10.1 Å². The van der Waals surface area contributed by atoms with E-state index in [9.17, 15) is 19.7 Å². The van der Waals surface area contributed by atoms with Gasteiger partial charge in [0, 0.05) is 12.1 Å². The second-order valence-corrected chi connectivity index (χ2v) is 5.51. The Balaban J connectivity index is 2.77. The van der Waals surface area contributed by atoms with Crippen molar-refractivity contribution in [3.63, 3.8) is 0 Å². The predicted molar refractivity (Wildman–Crippen MR) is 74.8 cm³/mol. The largest absolute Gasteiger partial charge is 0.433 e. The van der Waals surface area contributed by atoms with Crippen molar-refractivity contribution in [3.8, 4) is 0 Å². The Morgan fingerprint density at radius 3 is 2.43 bits per heavy atom. The summed E-state index contributed by atoms with van der Waals surface area (Å²) >= 11 is 0. The maximum atomic E-state index is 12.1. The number of nitrogens with one attached hydrogen (secondary N) is 1. The van der Waals surface area contributed by atoms with Crippen molar-refractivity contribution < 1.29 is 18.9 Å². The molecule has 0 fully saturated rings. The quantitative estimate of drug-likeness (QED) is 0.656. The molecule has 0 spiro atoms. The van der Waals surface area contributed by atoms with Crippen LogP contribution in [-0.4, -0.2) is 40.3 Å². The Morgan fingerprint density at radius 1 is 1.38 bits per heavy atom. The van der Waals surface area contributed by atoms with Crippen molar-refractivity contribution >= 4 is 17.7 Å². The summed E-state index contributed by atoms with van der Waals surface area (Å²) in [5.41, 5.74) is -0.400.